The second-order valence-electron chi connectivity index (χ2n) is 6.05. The van der Waals surface area contributed by atoms with Crippen molar-refractivity contribution in [1.82, 2.24) is 15.1 Å². The first-order valence-electron chi connectivity index (χ1n) is 8.22. The van der Waals surface area contributed by atoms with Gasteiger partial charge in [0.25, 0.3) is 5.91 Å². The largest absolute Gasteiger partial charge is 0.491 e. The van der Waals surface area contributed by atoms with Gasteiger partial charge in [0.15, 0.2) is 5.82 Å². The molecule has 6 nitrogen and oxygen atoms in total. The van der Waals surface area contributed by atoms with Crippen molar-refractivity contribution in [2.75, 3.05) is 31.1 Å². The van der Waals surface area contributed by atoms with Crippen molar-refractivity contribution < 1.29 is 9.53 Å². The van der Waals surface area contributed by atoms with Gasteiger partial charge in [0.1, 0.15) is 5.75 Å². The second kappa shape index (κ2) is 7.29. The van der Waals surface area contributed by atoms with Crippen molar-refractivity contribution in [2.24, 2.45) is 0 Å². The average Bonchev–Trinajstić information content (AvgIpc) is 2.62. The van der Waals surface area contributed by atoms with E-state index < -0.39 is 0 Å². The molecule has 0 saturated carbocycles. The summed E-state index contributed by atoms with van der Waals surface area (Å²) in [7, 11) is 0. The minimum absolute atomic E-state index is 0.0601. The van der Waals surface area contributed by atoms with Crippen LogP contribution in [0.5, 0.6) is 5.75 Å². The zero-order valence-corrected chi connectivity index (χ0v) is 14.1. The number of rotatable bonds is 4. The Morgan fingerprint density at radius 2 is 1.79 bits per heavy atom. The number of amides is 1. The van der Waals surface area contributed by atoms with Crippen LogP contribution in [-0.2, 0) is 0 Å². The zero-order chi connectivity index (χ0) is 16.9. The Morgan fingerprint density at radius 3 is 2.38 bits per heavy atom. The Balaban J connectivity index is 1.59. The third-order valence-electron chi connectivity index (χ3n) is 3.92. The van der Waals surface area contributed by atoms with Crippen LogP contribution in [0, 0.1) is 0 Å². The van der Waals surface area contributed by atoms with Gasteiger partial charge in [0.2, 0.25) is 0 Å². The Labute approximate surface area is 142 Å². The molecule has 0 spiro atoms. The maximum atomic E-state index is 12.6. The molecule has 0 bridgehead atoms. The van der Waals surface area contributed by atoms with Gasteiger partial charge in [-0.1, -0.05) is 0 Å². The first-order chi connectivity index (χ1) is 11.6. The van der Waals surface area contributed by atoms with E-state index in [1.54, 1.807) is 6.20 Å². The van der Waals surface area contributed by atoms with E-state index >= 15 is 0 Å². The molecule has 1 fully saturated rings. The fraction of sp³-hybridized carbons (Fsp3) is 0.389. The van der Waals surface area contributed by atoms with Gasteiger partial charge >= 0.3 is 0 Å². The van der Waals surface area contributed by atoms with Crippen LogP contribution in [-0.4, -0.2) is 53.3 Å². The molecular weight excluding hydrogens is 304 g/mol. The highest BCUT2D eigenvalue weighted by atomic mass is 16.5. The molecule has 1 aromatic carbocycles. The van der Waals surface area contributed by atoms with Crippen molar-refractivity contribution >= 4 is 11.7 Å². The summed E-state index contributed by atoms with van der Waals surface area (Å²) in [5, 5.41) is 8.03. The number of hydrogen-bond donors (Lipinski definition) is 0. The minimum atomic E-state index is 0.0601. The number of hydrogen-bond acceptors (Lipinski definition) is 5. The van der Waals surface area contributed by atoms with Crippen LogP contribution in [0.25, 0.3) is 0 Å². The van der Waals surface area contributed by atoms with Gasteiger partial charge in [-0.15, -0.1) is 5.10 Å². The number of carbonyl (C=O) groups is 1. The fourth-order valence-corrected chi connectivity index (χ4v) is 2.73. The quantitative estimate of drug-likeness (QED) is 0.862. The standard InChI is InChI=1S/C18H22N4O2/c1-14(2)24-16-7-5-15(6-8-16)18(23)22-12-10-21(11-13-22)17-4-3-9-19-20-17/h3-9,14H,10-13H2,1-2H3. The van der Waals surface area contributed by atoms with Gasteiger partial charge in [-0.05, 0) is 50.2 Å². The summed E-state index contributed by atoms with van der Waals surface area (Å²) in [6.07, 6.45) is 1.79. The summed E-state index contributed by atoms with van der Waals surface area (Å²) >= 11 is 0. The van der Waals surface area contributed by atoms with Crippen LogP contribution in [0.4, 0.5) is 5.82 Å². The summed E-state index contributed by atoms with van der Waals surface area (Å²) < 4.78 is 5.61. The molecule has 1 aliphatic rings. The lowest BCUT2D eigenvalue weighted by Crippen LogP contribution is -2.49. The van der Waals surface area contributed by atoms with E-state index in [1.165, 1.54) is 0 Å². The normalized spacial score (nSPS) is 14.8. The molecule has 2 aromatic rings. The molecule has 0 N–H and O–H groups in total. The van der Waals surface area contributed by atoms with Crippen LogP contribution in [0.15, 0.2) is 42.6 Å². The lowest BCUT2D eigenvalue weighted by molar-refractivity contribution is 0.0746. The van der Waals surface area contributed by atoms with Crippen LogP contribution in [0.2, 0.25) is 0 Å². The number of ether oxygens (including phenoxy) is 1. The zero-order valence-electron chi connectivity index (χ0n) is 14.1. The smallest absolute Gasteiger partial charge is 0.253 e. The first-order valence-corrected chi connectivity index (χ1v) is 8.22. The minimum Gasteiger partial charge on any atom is -0.491 e. The van der Waals surface area contributed by atoms with Crippen molar-refractivity contribution in [3.63, 3.8) is 0 Å². The molecule has 0 aliphatic carbocycles. The van der Waals surface area contributed by atoms with Gasteiger partial charge in [-0.25, -0.2) is 0 Å². The van der Waals surface area contributed by atoms with E-state index in [1.807, 2.05) is 55.1 Å². The van der Waals surface area contributed by atoms with E-state index in [2.05, 4.69) is 15.1 Å². The van der Waals surface area contributed by atoms with Gasteiger partial charge < -0.3 is 14.5 Å². The first kappa shape index (κ1) is 16.2. The van der Waals surface area contributed by atoms with E-state index in [9.17, 15) is 4.79 Å². The maximum Gasteiger partial charge on any atom is 0.253 e. The summed E-state index contributed by atoms with van der Waals surface area (Å²) in [5.74, 6) is 1.71. The fourth-order valence-electron chi connectivity index (χ4n) is 2.73. The molecule has 1 aromatic heterocycles. The summed E-state index contributed by atoms with van der Waals surface area (Å²) in [5.41, 5.74) is 0.694. The van der Waals surface area contributed by atoms with Crippen molar-refractivity contribution in [1.29, 1.82) is 0 Å². The molecule has 6 heteroatoms. The predicted octanol–water partition coefficient (Wildman–Crippen LogP) is 2.23. The maximum absolute atomic E-state index is 12.6. The molecule has 0 radical (unpaired) electrons. The van der Waals surface area contributed by atoms with Gasteiger partial charge in [0.05, 0.1) is 6.10 Å². The molecule has 3 rings (SSSR count). The predicted molar refractivity (Wildman–Crippen MR) is 92.4 cm³/mol. The van der Waals surface area contributed by atoms with E-state index in [0.29, 0.717) is 18.7 Å². The number of carbonyl (C=O) groups excluding carboxylic acids is 1. The highest BCUT2D eigenvalue weighted by molar-refractivity contribution is 5.94. The van der Waals surface area contributed by atoms with Gasteiger partial charge in [-0.3, -0.25) is 4.79 Å². The van der Waals surface area contributed by atoms with Crippen LogP contribution >= 0.6 is 0 Å². The van der Waals surface area contributed by atoms with Crippen LogP contribution < -0.4 is 9.64 Å². The van der Waals surface area contributed by atoms with Crippen LogP contribution in [0.1, 0.15) is 24.2 Å². The molecule has 1 aliphatic heterocycles. The number of piperazine rings is 1. The molecule has 126 valence electrons. The Kier molecular flexibility index (Phi) is 4.93. The van der Waals surface area contributed by atoms with Crippen molar-refractivity contribution in [2.45, 2.75) is 20.0 Å². The van der Waals surface area contributed by atoms with Crippen LogP contribution in [0.3, 0.4) is 0 Å². The number of aromatic nitrogens is 2. The molecule has 0 unspecified atom stereocenters. The van der Waals surface area contributed by atoms with E-state index in [0.717, 1.165) is 24.7 Å². The summed E-state index contributed by atoms with van der Waals surface area (Å²) in [4.78, 5) is 16.6. The molecule has 1 saturated heterocycles. The average molecular weight is 326 g/mol. The summed E-state index contributed by atoms with van der Waals surface area (Å²) in [6, 6.07) is 11.2. The summed E-state index contributed by atoms with van der Waals surface area (Å²) in [6.45, 7) is 6.85. The SMILES string of the molecule is CC(C)Oc1ccc(C(=O)N2CCN(c3cccnn3)CC2)cc1. The molecular formula is C18H22N4O2. The monoisotopic (exact) mass is 326 g/mol. The molecule has 0 atom stereocenters. The molecule has 2 heterocycles. The number of benzene rings is 1. The lowest BCUT2D eigenvalue weighted by atomic mass is 10.1. The molecule has 1 amide bonds. The van der Waals surface area contributed by atoms with E-state index in [-0.39, 0.29) is 12.0 Å². The number of nitrogens with zero attached hydrogens (tertiary/aromatic N) is 4. The number of anilines is 1. The lowest BCUT2D eigenvalue weighted by Gasteiger charge is -2.35. The third-order valence-corrected chi connectivity index (χ3v) is 3.92. The van der Waals surface area contributed by atoms with Crippen molar-refractivity contribution in [3.8, 4) is 5.75 Å². The van der Waals surface area contributed by atoms with E-state index in [4.69, 9.17) is 4.74 Å². The Morgan fingerprint density at radius 1 is 1.08 bits per heavy atom. The third kappa shape index (κ3) is 3.82. The second-order valence-corrected chi connectivity index (χ2v) is 6.05. The van der Waals surface area contributed by atoms with Gasteiger partial charge in [-0.2, -0.15) is 5.10 Å². The Hall–Kier alpha value is -2.63. The highest BCUT2D eigenvalue weighted by Gasteiger charge is 2.22. The van der Waals surface area contributed by atoms with Gasteiger partial charge in [0, 0.05) is 37.9 Å². The Bertz CT molecular complexity index is 665. The van der Waals surface area contributed by atoms with Crippen molar-refractivity contribution in [3.05, 3.63) is 48.2 Å². The molecule has 24 heavy (non-hydrogen) atoms. The highest BCUT2D eigenvalue weighted by Crippen LogP contribution is 2.17. The topological polar surface area (TPSA) is 58.6 Å².